The van der Waals surface area contributed by atoms with Crippen LogP contribution in [0.2, 0.25) is 0 Å². The van der Waals surface area contributed by atoms with Crippen molar-refractivity contribution in [3.63, 3.8) is 0 Å². The lowest BCUT2D eigenvalue weighted by atomic mass is 10.1. The van der Waals surface area contributed by atoms with Crippen LogP contribution in [0.4, 0.5) is 19.0 Å². The minimum absolute atomic E-state index is 0.00764. The van der Waals surface area contributed by atoms with Crippen molar-refractivity contribution in [3.05, 3.63) is 65.4 Å². The molecule has 1 aromatic heterocycles. The van der Waals surface area contributed by atoms with Crippen molar-refractivity contribution >= 4 is 11.7 Å². The molecule has 12 heteroatoms. The number of rotatable bonds is 8. The standard InChI is InChI=1S/C25H27F3N4O5/c1-16-8-10-17(11-9-16)15-31-20-21(30(3)24(2,35)32(22(20)34)12-5-13-33)29-23(31)36-18-6-4-7-19(14-18)37-25(26,27)28/h4,6-11,14,33,35H,5,12-13,15H2,1-3H3. The molecule has 198 valence electrons. The van der Waals surface area contributed by atoms with Crippen molar-refractivity contribution in [2.75, 3.05) is 25.1 Å². The number of nitrogens with zero attached hydrogens (tertiary/aromatic N) is 4. The number of aromatic nitrogens is 2. The fourth-order valence-electron chi connectivity index (χ4n) is 4.05. The lowest BCUT2D eigenvalue weighted by molar-refractivity contribution is -0.274. The molecule has 2 aromatic carbocycles. The summed E-state index contributed by atoms with van der Waals surface area (Å²) < 4.78 is 49.5. The summed E-state index contributed by atoms with van der Waals surface area (Å²) in [6.07, 6.45) is -4.63. The molecule has 0 fully saturated rings. The van der Waals surface area contributed by atoms with Gasteiger partial charge in [-0.05, 0) is 31.0 Å². The number of hydrogen-bond acceptors (Lipinski definition) is 7. The first-order valence-electron chi connectivity index (χ1n) is 11.5. The van der Waals surface area contributed by atoms with Crippen LogP contribution in [-0.2, 0) is 6.54 Å². The Bertz CT molecular complexity index is 1270. The number of hydrogen-bond donors (Lipinski definition) is 2. The van der Waals surface area contributed by atoms with Crippen LogP contribution in [-0.4, -0.2) is 63.0 Å². The van der Waals surface area contributed by atoms with Crippen molar-refractivity contribution in [3.8, 4) is 17.5 Å². The van der Waals surface area contributed by atoms with Gasteiger partial charge in [-0.3, -0.25) is 14.3 Å². The van der Waals surface area contributed by atoms with Gasteiger partial charge in [-0.2, -0.15) is 4.98 Å². The number of amides is 1. The van der Waals surface area contributed by atoms with Crippen molar-refractivity contribution in [2.45, 2.75) is 39.0 Å². The van der Waals surface area contributed by atoms with Gasteiger partial charge in [0.05, 0.1) is 6.54 Å². The highest BCUT2D eigenvalue weighted by atomic mass is 19.4. The zero-order valence-corrected chi connectivity index (χ0v) is 20.5. The zero-order chi connectivity index (χ0) is 27.0. The van der Waals surface area contributed by atoms with E-state index in [9.17, 15) is 28.2 Å². The first-order valence-corrected chi connectivity index (χ1v) is 11.5. The minimum atomic E-state index is -4.87. The lowest BCUT2D eigenvalue weighted by Gasteiger charge is -2.46. The summed E-state index contributed by atoms with van der Waals surface area (Å²) in [6, 6.07) is 12.5. The number of aryl methyl sites for hydroxylation is 1. The highest BCUT2D eigenvalue weighted by Crippen LogP contribution is 2.39. The summed E-state index contributed by atoms with van der Waals surface area (Å²) >= 11 is 0. The van der Waals surface area contributed by atoms with Crippen LogP contribution in [0.5, 0.6) is 17.5 Å². The molecule has 2 N–H and O–H groups in total. The summed E-state index contributed by atoms with van der Waals surface area (Å²) in [5.41, 5.74) is 1.99. The smallest absolute Gasteiger partial charge is 0.425 e. The van der Waals surface area contributed by atoms with Crippen LogP contribution in [0, 0.1) is 6.92 Å². The third kappa shape index (κ3) is 5.49. The molecule has 2 heterocycles. The number of aliphatic hydroxyl groups excluding tert-OH is 1. The number of alkyl halides is 3. The number of benzene rings is 2. The Morgan fingerprint density at radius 3 is 2.43 bits per heavy atom. The van der Waals surface area contributed by atoms with Gasteiger partial charge >= 0.3 is 12.4 Å². The maximum atomic E-state index is 13.6. The molecule has 0 saturated carbocycles. The molecule has 0 saturated heterocycles. The van der Waals surface area contributed by atoms with E-state index < -0.39 is 23.9 Å². The summed E-state index contributed by atoms with van der Waals surface area (Å²) in [7, 11) is 1.56. The van der Waals surface area contributed by atoms with Crippen LogP contribution < -0.4 is 14.4 Å². The number of halogens is 3. The topological polar surface area (TPSA) is 100 Å². The van der Waals surface area contributed by atoms with E-state index in [1.807, 2.05) is 31.2 Å². The number of fused-ring (bicyclic) bond motifs is 1. The quantitative estimate of drug-likeness (QED) is 0.465. The predicted octanol–water partition coefficient (Wildman–Crippen LogP) is 3.87. The molecule has 37 heavy (non-hydrogen) atoms. The maximum Gasteiger partial charge on any atom is 0.573 e. The molecule has 9 nitrogen and oxygen atoms in total. The Balaban J connectivity index is 1.79. The number of aliphatic hydroxyl groups is 2. The molecule has 1 aliphatic heterocycles. The van der Waals surface area contributed by atoms with E-state index in [2.05, 4.69) is 9.72 Å². The molecule has 1 unspecified atom stereocenters. The largest absolute Gasteiger partial charge is 0.573 e. The lowest BCUT2D eigenvalue weighted by Crippen LogP contribution is -2.63. The van der Waals surface area contributed by atoms with Crippen molar-refractivity contribution in [2.24, 2.45) is 0 Å². The molecule has 0 aliphatic carbocycles. The Hall–Kier alpha value is -3.77. The van der Waals surface area contributed by atoms with Crippen LogP contribution in [0.25, 0.3) is 0 Å². The second kappa shape index (κ2) is 9.94. The summed E-state index contributed by atoms with van der Waals surface area (Å²) in [4.78, 5) is 20.7. The van der Waals surface area contributed by atoms with Crippen molar-refractivity contribution < 1.29 is 37.7 Å². The molecule has 0 spiro atoms. The number of carbonyl (C=O) groups is 1. The number of anilines is 1. The van der Waals surface area contributed by atoms with Crippen LogP contribution in [0.15, 0.2) is 48.5 Å². The number of imidazole rings is 1. The van der Waals surface area contributed by atoms with Crippen LogP contribution in [0.1, 0.15) is 35.0 Å². The van der Waals surface area contributed by atoms with Crippen molar-refractivity contribution in [1.82, 2.24) is 14.5 Å². The SMILES string of the molecule is Cc1ccc(Cn2c(Oc3cccc(OC(F)(F)F)c3)nc3c2C(=O)N(CCCO)C(C)(O)N3C)cc1. The Morgan fingerprint density at radius 2 is 1.78 bits per heavy atom. The molecule has 1 atom stereocenters. The third-order valence-electron chi connectivity index (χ3n) is 6.08. The van der Waals surface area contributed by atoms with E-state index in [4.69, 9.17) is 4.74 Å². The second-order valence-corrected chi connectivity index (χ2v) is 8.83. The molecule has 4 rings (SSSR count). The van der Waals surface area contributed by atoms with Gasteiger partial charge in [0.2, 0.25) is 5.85 Å². The van der Waals surface area contributed by atoms with Crippen LogP contribution >= 0.6 is 0 Å². The monoisotopic (exact) mass is 520 g/mol. The van der Waals surface area contributed by atoms with Gasteiger partial charge in [0, 0.05) is 33.2 Å². The van der Waals surface area contributed by atoms with Crippen molar-refractivity contribution in [1.29, 1.82) is 0 Å². The summed E-state index contributed by atoms with van der Waals surface area (Å²) in [6.45, 7) is 3.43. The number of ether oxygens (including phenoxy) is 2. The van der Waals surface area contributed by atoms with Gasteiger partial charge in [0.15, 0.2) is 11.5 Å². The first-order chi connectivity index (χ1) is 17.4. The molecule has 1 amide bonds. The Kier molecular flexibility index (Phi) is 7.07. The number of carbonyl (C=O) groups excluding carboxylic acids is 1. The summed E-state index contributed by atoms with van der Waals surface area (Å²) in [5, 5.41) is 20.4. The average molecular weight is 521 g/mol. The molecule has 3 aromatic rings. The average Bonchev–Trinajstić information content (AvgIpc) is 3.16. The van der Waals surface area contributed by atoms with E-state index in [1.165, 1.54) is 33.4 Å². The molecule has 0 bridgehead atoms. The highest BCUT2D eigenvalue weighted by Gasteiger charge is 2.47. The molecular formula is C25H27F3N4O5. The van der Waals surface area contributed by atoms with Gasteiger partial charge in [0.25, 0.3) is 5.91 Å². The van der Waals surface area contributed by atoms with Gasteiger partial charge in [-0.25, -0.2) is 0 Å². The Labute approximate surface area is 211 Å². The van der Waals surface area contributed by atoms with Gasteiger partial charge in [0.1, 0.15) is 11.5 Å². The normalized spacial score (nSPS) is 17.7. The van der Waals surface area contributed by atoms with E-state index in [-0.39, 0.29) is 49.4 Å². The first kappa shape index (κ1) is 26.3. The van der Waals surface area contributed by atoms with E-state index >= 15 is 0 Å². The second-order valence-electron chi connectivity index (χ2n) is 8.83. The Morgan fingerprint density at radius 1 is 1.11 bits per heavy atom. The molecule has 0 radical (unpaired) electrons. The molecule has 1 aliphatic rings. The van der Waals surface area contributed by atoms with E-state index in [0.717, 1.165) is 23.3 Å². The highest BCUT2D eigenvalue weighted by molar-refractivity contribution is 6.00. The van der Waals surface area contributed by atoms with Gasteiger partial charge in [-0.1, -0.05) is 35.9 Å². The zero-order valence-electron chi connectivity index (χ0n) is 20.5. The molecular weight excluding hydrogens is 493 g/mol. The van der Waals surface area contributed by atoms with Gasteiger partial charge in [-0.15, -0.1) is 13.2 Å². The van der Waals surface area contributed by atoms with E-state index in [0.29, 0.717) is 0 Å². The maximum absolute atomic E-state index is 13.6. The van der Waals surface area contributed by atoms with Crippen LogP contribution in [0.3, 0.4) is 0 Å². The third-order valence-corrected chi connectivity index (χ3v) is 6.08. The minimum Gasteiger partial charge on any atom is -0.425 e. The predicted molar refractivity (Wildman–Crippen MR) is 127 cm³/mol. The van der Waals surface area contributed by atoms with Gasteiger partial charge < -0.3 is 24.6 Å². The van der Waals surface area contributed by atoms with E-state index in [1.54, 1.807) is 7.05 Å². The summed E-state index contributed by atoms with van der Waals surface area (Å²) in [5.74, 6) is -2.61. The fourth-order valence-corrected chi connectivity index (χ4v) is 4.05. The fraction of sp³-hybridized carbons (Fsp3) is 0.360.